The number of anilines is 2. The van der Waals surface area contributed by atoms with E-state index in [2.05, 4.69) is 22.4 Å². The molecule has 2 amide bonds. The molecule has 0 radical (unpaired) electrons. The molecule has 0 bridgehead atoms. The van der Waals surface area contributed by atoms with Crippen LogP contribution in [0.2, 0.25) is 0 Å². The first-order valence-corrected chi connectivity index (χ1v) is 10.1. The molecule has 2 aliphatic heterocycles. The third-order valence-corrected chi connectivity index (χ3v) is 4.88. The van der Waals surface area contributed by atoms with Crippen molar-refractivity contribution in [2.24, 2.45) is 4.99 Å². The van der Waals surface area contributed by atoms with E-state index in [1.54, 1.807) is 17.0 Å². The van der Waals surface area contributed by atoms with Crippen LogP contribution in [0.3, 0.4) is 0 Å². The summed E-state index contributed by atoms with van der Waals surface area (Å²) in [7, 11) is 0. The Balaban J connectivity index is 1.62. The largest absolute Gasteiger partial charge is 0.444 e. The van der Waals surface area contributed by atoms with Gasteiger partial charge in [-0.3, -0.25) is 4.90 Å². The van der Waals surface area contributed by atoms with Crippen molar-refractivity contribution >= 4 is 40.9 Å². The molecule has 2 fully saturated rings. The summed E-state index contributed by atoms with van der Waals surface area (Å²) in [5, 5.41) is 2.24. The molecule has 0 N–H and O–H groups in total. The van der Waals surface area contributed by atoms with Gasteiger partial charge in [0, 0.05) is 26.2 Å². The summed E-state index contributed by atoms with van der Waals surface area (Å²) in [4.78, 5) is 32.9. The second kappa shape index (κ2) is 8.97. The van der Waals surface area contributed by atoms with E-state index in [1.807, 2.05) is 25.7 Å². The third-order valence-electron chi connectivity index (χ3n) is 4.75. The summed E-state index contributed by atoms with van der Waals surface area (Å²) in [6, 6.07) is 4.65. The summed E-state index contributed by atoms with van der Waals surface area (Å²) in [5.41, 5.74) is 0.293. The molecule has 0 aromatic heterocycles. The van der Waals surface area contributed by atoms with Crippen molar-refractivity contribution in [2.75, 3.05) is 49.1 Å². The van der Waals surface area contributed by atoms with E-state index in [0.29, 0.717) is 37.6 Å². The first kappa shape index (κ1) is 22.0. The zero-order chi connectivity index (χ0) is 21.9. The van der Waals surface area contributed by atoms with Crippen LogP contribution >= 0.6 is 12.2 Å². The van der Waals surface area contributed by atoms with Gasteiger partial charge in [0.2, 0.25) is 0 Å². The molecule has 162 valence electrons. The number of piperazine rings is 1. The number of benzene rings is 1. The van der Waals surface area contributed by atoms with Crippen LogP contribution in [-0.2, 0) is 9.47 Å². The van der Waals surface area contributed by atoms with Crippen molar-refractivity contribution in [3.05, 3.63) is 24.0 Å². The molecular formula is C20H25FN4O4S. The lowest BCUT2D eigenvalue weighted by atomic mass is 10.2. The maximum Gasteiger partial charge on any atom is 0.414 e. The van der Waals surface area contributed by atoms with Crippen molar-refractivity contribution in [3.8, 4) is 0 Å². The van der Waals surface area contributed by atoms with Crippen LogP contribution < -0.4 is 9.80 Å². The van der Waals surface area contributed by atoms with E-state index in [9.17, 15) is 14.0 Å². The van der Waals surface area contributed by atoms with E-state index in [1.165, 1.54) is 11.0 Å². The number of aliphatic imine (C=N–C) groups is 1. The molecule has 2 heterocycles. The van der Waals surface area contributed by atoms with Gasteiger partial charge in [-0.05, 0) is 51.2 Å². The number of ether oxygens (including phenoxy) is 2. The Hall–Kier alpha value is -2.71. The smallest absolute Gasteiger partial charge is 0.414 e. The number of hydrogen-bond donors (Lipinski definition) is 0. The van der Waals surface area contributed by atoms with Gasteiger partial charge in [-0.2, -0.15) is 0 Å². The number of thiocarbonyl (C=S) groups is 1. The number of rotatable bonds is 4. The van der Waals surface area contributed by atoms with Gasteiger partial charge >= 0.3 is 12.2 Å². The Labute approximate surface area is 180 Å². The van der Waals surface area contributed by atoms with Crippen LogP contribution in [0.1, 0.15) is 20.8 Å². The van der Waals surface area contributed by atoms with Crippen molar-refractivity contribution in [3.63, 3.8) is 0 Å². The monoisotopic (exact) mass is 436 g/mol. The molecule has 1 atom stereocenters. The molecular weight excluding hydrogens is 411 g/mol. The highest BCUT2D eigenvalue weighted by molar-refractivity contribution is 7.78. The molecule has 1 aromatic rings. The molecule has 1 aromatic carbocycles. The summed E-state index contributed by atoms with van der Waals surface area (Å²) in [6.07, 6.45) is -1.34. The molecule has 0 aliphatic carbocycles. The molecule has 1 unspecified atom stereocenters. The lowest BCUT2D eigenvalue weighted by Crippen LogP contribution is -2.50. The van der Waals surface area contributed by atoms with Gasteiger partial charge in [-0.15, -0.1) is 0 Å². The minimum Gasteiger partial charge on any atom is -0.444 e. The number of amides is 2. The van der Waals surface area contributed by atoms with Crippen LogP contribution in [0.4, 0.5) is 25.4 Å². The molecule has 3 rings (SSSR count). The van der Waals surface area contributed by atoms with Gasteiger partial charge in [-0.1, -0.05) is 0 Å². The van der Waals surface area contributed by atoms with E-state index < -0.39 is 23.6 Å². The Kier molecular flexibility index (Phi) is 6.58. The highest BCUT2D eigenvalue weighted by Crippen LogP contribution is 2.28. The Morgan fingerprint density at radius 1 is 1.33 bits per heavy atom. The minimum absolute atomic E-state index is 0.230. The number of nitrogens with zero attached hydrogens (tertiary/aromatic N) is 4. The highest BCUT2D eigenvalue weighted by Gasteiger charge is 2.33. The summed E-state index contributed by atoms with van der Waals surface area (Å²) < 4.78 is 25.4. The number of hydrogen-bond acceptors (Lipinski definition) is 7. The minimum atomic E-state index is -0.554. The Morgan fingerprint density at radius 3 is 2.63 bits per heavy atom. The number of carbonyl (C=O) groups is 2. The number of cyclic esters (lactones) is 1. The van der Waals surface area contributed by atoms with E-state index >= 15 is 0 Å². The van der Waals surface area contributed by atoms with E-state index in [4.69, 9.17) is 9.47 Å². The Morgan fingerprint density at radius 2 is 2.03 bits per heavy atom. The van der Waals surface area contributed by atoms with Gasteiger partial charge < -0.3 is 19.3 Å². The van der Waals surface area contributed by atoms with Crippen molar-refractivity contribution in [2.45, 2.75) is 32.5 Å². The topological polar surface area (TPSA) is 74.7 Å². The van der Waals surface area contributed by atoms with Crippen LogP contribution in [0.5, 0.6) is 0 Å². The fourth-order valence-corrected chi connectivity index (χ4v) is 3.42. The van der Waals surface area contributed by atoms with Crippen LogP contribution in [0.15, 0.2) is 23.2 Å². The average Bonchev–Trinajstić information content (AvgIpc) is 3.05. The van der Waals surface area contributed by atoms with Crippen molar-refractivity contribution < 1.29 is 23.5 Å². The first-order valence-electron chi connectivity index (χ1n) is 9.72. The number of carbonyl (C=O) groups excluding carboxylic acids is 2. The van der Waals surface area contributed by atoms with Gasteiger partial charge in [0.15, 0.2) is 0 Å². The molecule has 30 heavy (non-hydrogen) atoms. The predicted molar refractivity (Wildman–Crippen MR) is 114 cm³/mol. The maximum absolute atomic E-state index is 14.8. The zero-order valence-electron chi connectivity index (χ0n) is 17.3. The highest BCUT2D eigenvalue weighted by atomic mass is 32.1. The Bertz CT molecular complexity index is 861. The van der Waals surface area contributed by atoms with Gasteiger partial charge in [0.25, 0.3) is 0 Å². The normalized spacial score (nSPS) is 19.4. The van der Waals surface area contributed by atoms with E-state index in [-0.39, 0.29) is 19.2 Å². The third kappa shape index (κ3) is 5.25. The van der Waals surface area contributed by atoms with Gasteiger partial charge in [0.1, 0.15) is 17.5 Å². The molecule has 0 spiro atoms. The summed E-state index contributed by atoms with van der Waals surface area (Å²) in [5.74, 6) is -0.439. The maximum atomic E-state index is 14.8. The van der Waals surface area contributed by atoms with Crippen LogP contribution in [-0.4, -0.2) is 73.2 Å². The molecule has 2 saturated heterocycles. The lowest BCUT2D eigenvalue weighted by Gasteiger charge is -2.37. The van der Waals surface area contributed by atoms with Crippen molar-refractivity contribution in [1.82, 2.24) is 4.90 Å². The molecule has 0 saturated carbocycles. The fourth-order valence-electron chi connectivity index (χ4n) is 3.34. The summed E-state index contributed by atoms with van der Waals surface area (Å²) in [6.45, 7) is 7.82. The number of halogens is 1. The van der Waals surface area contributed by atoms with Crippen molar-refractivity contribution in [1.29, 1.82) is 0 Å². The zero-order valence-corrected chi connectivity index (χ0v) is 18.1. The van der Waals surface area contributed by atoms with Crippen LogP contribution in [0.25, 0.3) is 0 Å². The summed E-state index contributed by atoms with van der Waals surface area (Å²) >= 11 is 4.52. The second-order valence-corrected chi connectivity index (χ2v) is 8.32. The predicted octanol–water partition coefficient (Wildman–Crippen LogP) is 3.31. The quantitative estimate of drug-likeness (QED) is 0.533. The number of isothiocyanates is 1. The molecule has 2 aliphatic rings. The molecule has 10 heteroatoms. The average molecular weight is 437 g/mol. The van der Waals surface area contributed by atoms with Gasteiger partial charge in [-0.25, -0.2) is 19.0 Å². The van der Waals surface area contributed by atoms with Crippen LogP contribution in [0, 0.1) is 5.82 Å². The standard InChI is InChI=1S/C20H25FN4O4S/c1-20(2,3)29-18(26)24-8-6-23(7-9-24)17-5-4-14(10-16(17)21)25-12-15(11-22-13-30)28-19(25)27/h4-5,10,15H,6-9,11-12H2,1-3H3. The lowest BCUT2D eigenvalue weighted by molar-refractivity contribution is 0.0240. The molecule has 8 nitrogen and oxygen atoms in total. The fraction of sp³-hybridized carbons (Fsp3) is 0.550. The second-order valence-electron chi connectivity index (χ2n) is 8.14. The first-order chi connectivity index (χ1) is 14.2. The van der Waals surface area contributed by atoms with Gasteiger partial charge in [0.05, 0.1) is 29.6 Å². The SMILES string of the molecule is CC(C)(C)OC(=O)N1CCN(c2ccc(N3CC(CN=C=S)OC3=O)cc2F)CC1. The van der Waals surface area contributed by atoms with E-state index in [0.717, 1.165) is 0 Å².